The van der Waals surface area contributed by atoms with Crippen LogP contribution in [0.4, 0.5) is 20.2 Å². The molecule has 0 atom stereocenters. The van der Waals surface area contributed by atoms with Gasteiger partial charge in [-0.2, -0.15) is 0 Å². The lowest BCUT2D eigenvalue weighted by Crippen LogP contribution is -2.43. The Morgan fingerprint density at radius 1 is 1.00 bits per heavy atom. The van der Waals surface area contributed by atoms with E-state index in [-0.39, 0.29) is 23.3 Å². The van der Waals surface area contributed by atoms with Crippen molar-refractivity contribution in [3.63, 3.8) is 0 Å². The van der Waals surface area contributed by atoms with E-state index in [0.29, 0.717) is 11.5 Å². The smallest absolute Gasteiger partial charge is 0.291 e. The minimum atomic E-state index is -0.541. The van der Waals surface area contributed by atoms with Gasteiger partial charge in [0.25, 0.3) is 5.91 Å². The summed E-state index contributed by atoms with van der Waals surface area (Å²) in [7, 11) is 0. The number of benzene rings is 2. The Bertz CT molecular complexity index is 1430. The first-order valence-corrected chi connectivity index (χ1v) is 13.1. The van der Waals surface area contributed by atoms with Crippen LogP contribution < -0.4 is 15.5 Å². The maximum atomic E-state index is 14.9. The lowest BCUT2D eigenvalue weighted by Gasteiger charge is -2.29. The van der Waals surface area contributed by atoms with E-state index < -0.39 is 11.7 Å². The van der Waals surface area contributed by atoms with Gasteiger partial charge in [0.15, 0.2) is 11.5 Å². The van der Waals surface area contributed by atoms with Gasteiger partial charge in [-0.25, -0.2) is 13.8 Å². The van der Waals surface area contributed by atoms with Crippen molar-refractivity contribution in [2.45, 2.75) is 31.7 Å². The summed E-state index contributed by atoms with van der Waals surface area (Å²) in [5.74, 6) is -0.821. The summed E-state index contributed by atoms with van der Waals surface area (Å²) in [6, 6.07) is 14.6. The zero-order valence-corrected chi connectivity index (χ0v) is 20.9. The normalized spacial score (nSPS) is 16.2. The van der Waals surface area contributed by atoms with Crippen LogP contribution in [0.2, 0.25) is 0 Å². The van der Waals surface area contributed by atoms with Crippen LogP contribution in [0, 0.1) is 11.6 Å². The highest BCUT2D eigenvalue weighted by molar-refractivity contribution is 6.02. The van der Waals surface area contributed by atoms with Crippen molar-refractivity contribution in [2.24, 2.45) is 0 Å². The first-order chi connectivity index (χ1) is 18.6. The Morgan fingerprint density at radius 2 is 1.76 bits per heavy atom. The first kappa shape index (κ1) is 24.4. The van der Waals surface area contributed by atoms with Crippen LogP contribution in [0.5, 0.6) is 0 Å². The molecule has 1 amide bonds. The van der Waals surface area contributed by atoms with Crippen LogP contribution in [0.3, 0.4) is 0 Å². The number of nitrogens with zero attached hydrogens (tertiary/aromatic N) is 3. The number of rotatable bonds is 6. The molecule has 2 fully saturated rings. The predicted octanol–water partition coefficient (Wildman–Crippen LogP) is 5.87. The lowest BCUT2D eigenvalue weighted by atomic mass is 10.1. The van der Waals surface area contributed by atoms with Gasteiger partial charge in [-0.05, 0) is 67.4 Å². The van der Waals surface area contributed by atoms with Crippen molar-refractivity contribution in [3.05, 3.63) is 78.3 Å². The largest absolute Gasteiger partial charge is 0.449 e. The van der Waals surface area contributed by atoms with Crippen molar-refractivity contribution in [1.82, 2.24) is 14.9 Å². The average molecular weight is 518 g/mol. The Labute approximate surface area is 219 Å². The molecule has 1 saturated heterocycles. The van der Waals surface area contributed by atoms with Crippen LogP contribution in [0.15, 0.2) is 65.3 Å². The van der Waals surface area contributed by atoms with Gasteiger partial charge in [-0.3, -0.25) is 4.79 Å². The second-order valence-electron chi connectivity index (χ2n) is 9.81. The molecule has 1 saturated carbocycles. The monoisotopic (exact) mass is 517 g/mol. The molecule has 38 heavy (non-hydrogen) atoms. The lowest BCUT2D eigenvalue weighted by molar-refractivity contribution is 0.0997. The van der Waals surface area contributed by atoms with Crippen molar-refractivity contribution < 1.29 is 18.0 Å². The highest BCUT2D eigenvalue weighted by Gasteiger charge is 2.26. The fourth-order valence-corrected chi connectivity index (χ4v) is 5.38. The summed E-state index contributed by atoms with van der Waals surface area (Å²) in [6.07, 6.45) is 6.13. The molecule has 7 nitrogen and oxygen atoms in total. The third kappa shape index (κ3) is 4.81. The highest BCUT2D eigenvalue weighted by Crippen LogP contribution is 2.39. The van der Waals surface area contributed by atoms with E-state index in [1.54, 1.807) is 36.7 Å². The Hall–Kier alpha value is -3.98. The molecular weight excluding hydrogens is 488 g/mol. The van der Waals surface area contributed by atoms with E-state index in [9.17, 15) is 13.6 Å². The number of carbonyl (C=O) groups is 1. The van der Waals surface area contributed by atoms with Crippen LogP contribution in [0.25, 0.3) is 22.7 Å². The van der Waals surface area contributed by atoms with Crippen LogP contribution in [-0.4, -0.2) is 41.6 Å². The summed E-state index contributed by atoms with van der Waals surface area (Å²) in [5.41, 5.74) is 3.04. The molecule has 4 aromatic rings. The van der Waals surface area contributed by atoms with E-state index >= 15 is 0 Å². The molecule has 2 aromatic carbocycles. The Kier molecular flexibility index (Phi) is 6.68. The van der Waals surface area contributed by atoms with E-state index in [1.807, 2.05) is 6.07 Å². The summed E-state index contributed by atoms with van der Waals surface area (Å²) in [4.78, 5) is 19.8. The first-order valence-electron chi connectivity index (χ1n) is 13.1. The summed E-state index contributed by atoms with van der Waals surface area (Å²) < 4.78 is 36.6. The molecule has 9 heteroatoms. The molecule has 3 heterocycles. The topological polar surface area (TPSA) is 75.3 Å². The average Bonchev–Trinajstić information content (AvgIpc) is 3.71. The van der Waals surface area contributed by atoms with E-state index in [1.165, 1.54) is 18.2 Å². The molecule has 1 aliphatic carbocycles. The number of hydrogen-bond acceptors (Lipinski definition) is 5. The molecule has 1 aliphatic heterocycles. The standard InChI is InChI=1S/C29H29F2N5O2/c30-20-7-5-19(6-8-20)27-28(36(18-33-27)21-3-1-2-4-21)25-11-12-26(38-25)29(37)34-24-10-9-22(17-23(24)31)35-15-13-32-14-16-35/h5-12,17-18,21,32H,1-4,13-16H2,(H,34,37). The predicted molar refractivity (Wildman–Crippen MR) is 142 cm³/mol. The molecule has 6 rings (SSSR count). The van der Waals surface area contributed by atoms with Crippen LogP contribution in [-0.2, 0) is 0 Å². The van der Waals surface area contributed by atoms with Gasteiger partial charge < -0.3 is 24.5 Å². The molecule has 2 aromatic heterocycles. The molecule has 2 N–H and O–H groups in total. The quantitative estimate of drug-likeness (QED) is 0.335. The minimum Gasteiger partial charge on any atom is -0.449 e. The second-order valence-corrected chi connectivity index (χ2v) is 9.81. The fraction of sp³-hybridized carbons (Fsp3) is 0.310. The van der Waals surface area contributed by atoms with Crippen molar-refractivity contribution in [3.8, 4) is 22.7 Å². The summed E-state index contributed by atoms with van der Waals surface area (Å²) >= 11 is 0. The van der Waals surface area contributed by atoms with E-state index in [2.05, 4.69) is 25.1 Å². The molecule has 0 spiro atoms. The van der Waals surface area contributed by atoms with Crippen LogP contribution in [0.1, 0.15) is 42.3 Å². The Morgan fingerprint density at radius 3 is 2.50 bits per heavy atom. The number of aromatic nitrogens is 2. The Balaban J connectivity index is 1.26. The van der Waals surface area contributed by atoms with Crippen molar-refractivity contribution in [1.29, 1.82) is 0 Å². The van der Waals surface area contributed by atoms with Crippen LogP contribution >= 0.6 is 0 Å². The van der Waals surface area contributed by atoms with Crippen molar-refractivity contribution >= 4 is 17.3 Å². The minimum absolute atomic E-state index is 0.0646. The molecule has 196 valence electrons. The summed E-state index contributed by atoms with van der Waals surface area (Å²) in [6.45, 7) is 3.31. The van der Waals surface area contributed by atoms with E-state index in [4.69, 9.17) is 4.42 Å². The van der Waals surface area contributed by atoms with E-state index in [0.717, 1.165) is 68.8 Å². The number of hydrogen-bond donors (Lipinski definition) is 2. The second kappa shape index (κ2) is 10.4. The number of furan rings is 1. The van der Waals surface area contributed by atoms with Gasteiger partial charge in [0.1, 0.15) is 17.3 Å². The SMILES string of the molecule is O=C(Nc1ccc(N2CCNCC2)cc1F)c1ccc(-c2c(-c3ccc(F)cc3)ncn2C2CCCC2)o1. The molecule has 0 radical (unpaired) electrons. The van der Waals surface area contributed by atoms with Gasteiger partial charge in [0, 0.05) is 43.5 Å². The highest BCUT2D eigenvalue weighted by atomic mass is 19.1. The molecule has 0 bridgehead atoms. The van der Waals surface area contributed by atoms with Gasteiger partial charge in [-0.1, -0.05) is 12.8 Å². The third-order valence-electron chi connectivity index (χ3n) is 7.38. The molecule has 0 unspecified atom stereocenters. The van der Waals surface area contributed by atoms with Gasteiger partial charge in [0.2, 0.25) is 0 Å². The number of amides is 1. The third-order valence-corrected chi connectivity index (χ3v) is 7.38. The molecule has 2 aliphatic rings. The maximum absolute atomic E-state index is 14.9. The number of nitrogens with one attached hydrogen (secondary N) is 2. The number of carbonyl (C=O) groups excluding carboxylic acids is 1. The number of imidazole rings is 1. The zero-order valence-electron chi connectivity index (χ0n) is 20.9. The fourth-order valence-electron chi connectivity index (χ4n) is 5.38. The number of halogens is 2. The van der Waals surface area contributed by atoms with Crippen molar-refractivity contribution in [2.75, 3.05) is 36.4 Å². The summed E-state index contributed by atoms with van der Waals surface area (Å²) in [5, 5.41) is 5.91. The molecular formula is C29H29F2N5O2. The number of piperazine rings is 1. The van der Waals surface area contributed by atoms with Gasteiger partial charge in [-0.15, -0.1) is 0 Å². The zero-order chi connectivity index (χ0) is 26.1. The number of anilines is 2. The van der Waals surface area contributed by atoms with Gasteiger partial charge in [0.05, 0.1) is 17.7 Å². The van der Waals surface area contributed by atoms with Gasteiger partial charge >= 0.3 is 0 Å². The maximum Gasteiger partial charge on any atom is 0.291 e.